The van der Waals surface area contributed by atoms with Gasteiger partial charge < -0.3 is 9.64 Å². The Morgan fingerprint density at radius 2 is 2.45 bits per heavy atom. The van der Waals surface area contributed by atoms with Gasteiger partial charge in [-0.05, 0) is 68.1 Å². The normalized spacial score (nSPS) is 72.5. The van der Waals surface area contributed by atoms with Crippen molar-refractivity contribution < 1.29 is 29.4 Å². The number of hydrogen-bond acceptors (Lipinski definition) is 2. The molecule has 0 unspecified atom stereocenters. The van der Waals surface area contributed by atoms with Crippen molar-refractivity contribution in [2.45, 2.75) is 49.7 Å². The van der Waals surface area contributed by atoms with E-state index in [1.807, 2.05) is 0 Å². The van der Waals surface area contributed by atoms with E-state index in [1.165, 1.54) is 6.07 Å². The first-order chi connectivity index (χ1) is 16.7. The van der Waals surface area contributed by atoms with Crippen LogP contribution in [0.4, 0.5) is 0 Å². The zero-order valence-corrected chi connectivity index (χ0v) is 10.7. The summed E-state index contributed by atoms with van der Waals surface area (Å²) in [6.45, 7) is -7.61. The number of hydrogen-bond donors (Lipinski definition) is 0. The lowest BCUT2D eigenvalue weighted by Gasteiger charge is -2.58. The van der Waals surface area contributed by atoms with Gasteiger partial charge in [-0.15, -0.1) is 0 Å². The summed E-state index contributed by atoms with van der Waals surface area (Å²) in [6.07, 6.45) is -21.1. The Labute approximate surface area is 147 Å². The standard InChI is InChI=1S/C18H25NO/c1-19-10-9-18-8-4-3-5-15(18)17(19)11-13-6-7-14(20-2)12-16(13)18/h6-7,12,15,17H,3-5,8-11H2,1-2H3/t15-,17+,18+/m1/s1/i1D3,3D2,4D2,5D2,8D2,9D2,10D2,12D,15D,17D. The van der Waals surface area contributed by atoms with Crippen molar-refractivity contribution in [3.8, 4) is 5.75 Å². The van der Waals surface area contributed by atoms with E-state index in [-0.39, 0.29) is 16.2 Å². The van der Waals surface area contributed by atoms with E-state index in [4.69, 9.17) is 26.7 Å². The van der Waals surface area contributed by atoms with Gasteiger partial charge >= 0.3 is 0 Å². The number of nitrogens with zero attached hydrogens (tertiary/aromatic N) is 1. The third kappa shape index (κ3) is 1.60. The lowest BCUT2D eigenvalue weighted by Crippen LogP contribution is -2.59. The molecule has 1 aromatic rings. The molecule has 2 heteroatoms. The molecule has 2 aliphatic carbocycles. The molecule has 1 aromatic carbocycles. The molecule has 0 amide bonds. The van der Waals surface area contributed by atoms with Gasteiger partial charge in [0, 0.05) is 34.7 Å². The molecule has 2 bridgehead atoms. The third-order valence-electron chi connectivity index (χ3n) is 3.75. The summed E-state index contributed by atoms with van der Waals surface area (Å²) in [5, 5.41) is 0. The molecule has 1 heterocycles. The maximum absolute atomic E-state index is 9.54. The maximum atomic E-state index is 9.54. The molecule has 108 valence electrons. The quantitative estimate of drug-likeness (QED) is 0.786. The Morgan fingerprint density at radius 1 is 1.50 bits per heavy atom. The highest BCUT2D eigenvalue weighted by molar-refractivity contribution is 5.45. The van der Waals surface area contributed by atoms with Crippen LogP contribution < -0.4 is 4.74 Å². The molecule has 0 aromatic heterocycles. The van der Waals surface area contributed by atoms with E-state index >= 15 is 0 Å². The van der Waals surface area contributed by atoms with Crippen LogP contribution in [0.15, 0.2) is 18.2 Å². The van der Waals surface area contributed by atoms with Crippen LogP contribution in [-0.4, -0.2) is 31.5 Å². The van der Waals surface area contributed by atoms with Gasteiger partial charge in [0.2, 0.25) is 0 Å². The maximum Gasteiger partial charge on any atom is 0.119 e. The highest BCUT2D eigenvalue weighted by atomic mass is 16.5. The first-order valence-electron chi connectivity index (χ1n) is 15.2. The third-order valence-corrected chi connectivity index (χ3v) is 3.75. The highest BCUT2D eigenvalue weighted by Crippen LogP contribution is 2.55. The van der Waals surface area contributed by atoms with Gasteiger partial charge in [-0.1, -0.05) is 18.8 Å². The minimum absolute atomic E-state index is 0.319. The minimum atomic E-state index is -4.06. The molecular formula is C18H25NO. The Bertz CT molecular complexity index is 1210. The lowest BCUT2D eigenvalue weighted by atomic mass is 9.52. The van der Waals surface area contributed by atoms with Gasteiger partial charge in [0.1, 0.15) is 5.75 Å². The molecule has 1 saturated carbocycles. The van der Waals surface area contributed by atoms with E-state index in [1.54, 1.807) is 0 Å². The van der Waals surface area contributed by atoms with Crippen LogP contribution in [0.3, 0.4) is 0 Å². The summed E-state index contributed by atoms with van der Waals surface area (Å²) in [4.78, 5) is -0.333. The monoisotopic (exact) mass is 289 g/mol. The van der Waals surface area contributed by atoms with Crippen molar-refractivity contribution in [2.24, 2.45) is 5.89 Å². The summed E-state index contributed by atoms with van der Waals surface area (Å²) in [5.74, 6) is -4.25. The van der Waals surface area contributed by atoms with E-state index in [2.05, 4.69) is 0 Å². The van der Waals surface area contributed by atoms with E-state index < -0.39 is 80.7 Å². The van der Waals surface area contributed by atoms with Crippen LogP contribution in [0, 0.1) is 5.89 Å². The zero-order chi connectivity index (χ0) is 29.7. The van der Waals surface area contributed by atoms with E-state index in [0.29, 0.717) is 0 Å². The zero-order valence-electron chi connectivity index (χ0n) is 28.7. The molecule has 20 heavy (non-hydrogen) atoms. The Morgan fingerprint density at radius 3 is 3.30 bits per heavy atom. The Balaban J connectivity index is 2.46. The molecule has 3 atom stereocenters. The van der Waals surface area contributed by atoms with Crippen LogP contribution in [0.1, 0.15) is 67.7 Å². The van der Waals surface area contributed by atoms with Gasteiger partial charge in [0.25, 0.3) is 0 Å². The predicted molar refractivity (Wildman–Crippen MR) is 81.4 cm³/mol. The topological polar surface area (TPSA) is 12.5 Å². The van der Waals surface area contributed by atoms with Crippen LogP contribution >= 0.6 is 0 Å². The molecule has 2 nitrogen and oxygen atoms in total. The highest BCUT2D eigenvalue weighted by Gasteiger charge is 2.53. The number of likely N-dealkylation sites (tertiary alicyclic amines) is 1. The Kier molecular flexibility index (Phi) is 0.862. The Hall–Kier alpha value is -1.02. The van der Waals surface area contributed by atoms with E-state index in [9.17, 15) is 2.74 Å². The number of rotatable bonds is 1. The van der Waals surface area contributed by atoms with Gasteiger partial charge in [-0.25, -0.2) is 0 Å². The number of piperidine rings is 1. The number of likely N-dealkylation sites (N-methyl/N-ethyl adjacent to an activating group) is 1. The van der Waals surface area contributed by atoms with Crippen molar-refractivity contribution in [2.75, 3.05) is 20.6 Å². The van der Waals surface area contributed by atoms with E-state index in [0.717, 1.165) is 13.2 Å². The molecular weight excluding hydrogens is 246 g/mol. The minimum Gasteiger partial charge on any atom is -0.497 e. The smallest absolute Gasteiger partial charge is 0.119 e. The molecule has 2 fully saturated rings. The van der Waals surface area contributed by atoms with Crippen molar-refractivity contribution >= 4 is 0 Å². The molecule has 0 N–H and O–H groups in total. The summed E-state index contributed by atoms with van der Waals surface area (Å²) in [7, 11) is 1.10. The first-order valence-corrected chi connectivity index (χ1v) is 6.15. The summed E-state index contributed by atoms with van der Waals surface area (Å²) < 4.78 is 161. The summed E-state index contributed by atoms with van der Waals surface area (Å²) >= 11 is 0. The largest absolute Gasteiger partial charge is 0.497 e. The fourth-order valence-corrected chi connectivity index (χ4v) is 2.78. The van der Waals surface area contributed by atoms with Crippen molar-refractivity contribution in [1.82, 2.24) is 4.90 Å². The summed E-state index contributed by atoms with van der Waals surface area (Å²) in [6, 6.07) is -2.00. The number of fused-ring (bicyclic) bond motifs is 1. The molecule has 4 rings (SSSR count). The first kappa shape index (κ1) is 3.84. The average molecular weight is 290 g/mol. The van der Waals surface area contributed by atoms with Crippen LogP contribution in [-0.2, 0) is 11.8 Å². The van der Waals surface area contributed by atoms with Gasteiger partial charge in [0.05, 0.1) is 8.48 Å². The van der Waals surface area contributed by atoms with Crippen LogP contribution in [0.2, 0.25) is 0 Å². The molecule has 1 saturated heterocycles. The van der Waals surface area contributed by atoms with Gasteiger partial charge in [0.15, 0.2) is 0 Å². The van der Waals surface area contributed by atoms with Crippen molar-refractivity contribution in [1.29, 1.82) is 0 Å². The fraction of sp³-hybridized carbons (Fsp3) is 0.667. The molecule has 0 spiro atoms. The van der Waals surface area contributed by atoms with Gasteiger partial charge in [-0.2, -0.15) is 0 Å². The molecule has 1 aliphatic heterocycles. The van der Waals surface area contributed by atoms with Gasteiger partial charge in [-0.3, -0.25) is 0 Å². The average Bonchev–Trinajstić information content (AvgIpc) is 2.71. The summed E-state index contributed by atoms with van der Waals surface area (Å²) in [5.41, 5.74) is -4.99. The van der Waals surface area contributed by atoms with Crippen LogP contribution in [0.25, 0.3) is 0 Å². The van der Waals surface area contributed by atoms with Crippen molar-refractivity contribution in [3.05, 3.63) is 29.3 Å². The molecule has 3 aliphatic rings. The fourth-order valence-electron chi connectivity index (χ4n) is 2.78. The number of methoxy groups -OCH3 is 1. The second kappa shape index (κ2) is 4.49. The molecule has 0 radical (unpaired) electrons. The number of benzene rings is 1. The van der Waals surface area contributed by atoms with Crippen LogP contribution in [0.5, 0.6) is 5.75 Å². The second-order valence-corrected chi connectivity index (χ2v) is 4.75. The second-order valence-electron chi connectivity index (χ2n) is 4.75. The van der Waals surface area contributed by atoms with Crippen molar-refractivity contribution in [3.63, 3.8) is 0 Å². The SMILES string of the molecule is [2H]c1c(OC)ccc2c1[C@@]13C([2H])([2H])C([2H])([2H])N(C([2H])([2H])[2H])[C@@]([2H])(C2)[C@@]1([2H])C([2H])([2H])C([2H])([2H])C([2H])([2H])C3([2H])[2H]. The predicted octanol–water partition coefficient (Wildman–Crippen LogP) is 3.38. The number of ether oxygens (including phenoxy) is 1. The lowest BCUT2D eigenvalue weighted by molar-refractivity contribution is 0.00274.